The average molecular weight is 256 g/mol. The summed E-state index contributed by atoms with van der Waals surface area (Å²) < 4.78 is 14.2. The highest BCUT2D eigenvalue weighted by Gasteiger charge is 2.24. The van der Waals surface area contributed by atoms with Gasteiger partial charge in [-0.1, -0.05) is 26.2 Å². The first-order valence-electron chi connectivity index (χ1n) is 6.22. The minimum Gasteiger partial charge on any atom is -0.492 e. The summed E-state index contributed by atoms with van der Waals surface area (Å²) in [6.07, 6.45) is 4.27. The molecule has 18 heavy (non-hydrogen) atoms. The number of aromatic nitrogens is 2. The lowest BCUT2D eigenvalue weighted by Gasteiger charge is -2.29. The molecule has 100 valence electrons. The molecule has 0 aliphatic heterocycles. The summed E-state index contributed by atoms with van der Waals surface area (Å²) in [6.45, 7) is 2.34. The number of nitrogens with zero attached hydrogens (tertiary/aromatic N) is 1. The van der Waals surface area contributed by atoms with E-state index < -0.39 is 22.9 Å². The largest absolute Gasteiger partial charge is 0.492 e. The van der Waals surface area contributed by atoms with Gasteiger partial charge >= 0.3 is 5.69 Å². The van der Waals surface area contributed by atoms with Crippen LogP contribution in [0.25, 0.3) is 0 Å². The van der Waals surface area contributed by atoms with Gasteiger partial charge in [-0.2, -0.15) is 4.39 Å². The number of hydrogen-bond donors (Lipinski definition) is 2. The molecule has 0 bridgehead atoms. The molecule has 0 amide bonds. The zero-order chi connectivity index (χ0) is 13.3. The fraction of sp³-hybridized carbons (Fsp3) is 0.667. The summed E-state index contributed by atoms with van der Waals surface area (Å²) in [5.41, 5.74) is -1.93. The van der Waals surface area contributed by atoms with E-state index in [1.807, 2.05) is 4.98 Å². The van der Waals surface area contributed by atoms with Gasteiger partial charge in [0.05, 0.1) is 0 Å². The van der Waals surface area contributed by atoms with Crippen molar-refractivity contribution in [1.82, 2.24) is 9.55 Å². The van der Waals surface area contributed by atoms with Crippen LogP contribution < -0.4 is 11.2 Å². The second kappa shape index (κ2) is 4.96. The van der Waals surface area contributed by atoms with E-state index in [1.54, 1.807) is 0 Å². The smallest absolute Gasteiger partial charge is 0.331 e. The van der Waals surface area contributed by atoms with Crippen LogP contribution in [0.15, 0.2) is 9.59 Å². The molecule has 1 aromatic rings. The van der Waals surface area contributed by atoms with Gasteiger partial charge in [-0.25, -0.2) is 4.79 Å². The molecule has 1 aliphatic carbocycles. The monoisotopic (exact) mass is 256 g/mol. The number of aromatic hydroxyl groups is 1. The van der Waals surface area contributed by atoms with E-state index in [1.165, 1.54) is 6.42 Å². The van der Waals surface area contributed by atoms with Gasteiger partial charge in [0.25, 0.3) is 5.56 Å². The van der Waals surface area contributed by atoms with Crippen LogP contribution in [0.5, 0.6) is 5.88 Å². The summed E-state index contributed by atoms with van der Waals surface area (Å²) in [6, 6.07) is 0. The van der Waals surface area contributed by atoms with E-state index in [9.17, 15) is 19.1 Å². The van der Waals surface area contributed by atoms with Crippen molar-refractivity contribution in [2.24, 2.45) is 11.8 Å². The number of hydrogen-bond acceptors (Lipinski definition) is 3. The van der Waals surface area contributed by atoms with Crippen molar-refractivity contribution in [1.29, 1.82) is 0 Å². The molecule has 0 aromatic carbocycles. The lowest BCUT2D eigenvalue weighted by atomic mass is 9.80. The Morgan fingerprint density at radius 1 is 1.39 bits per heavy atom. The van der Waals surface area contributed by atoms with Crippen LogP contribution in [-0.4, -0.2) is 14.7 Å². The van der Waals surface area contributed by atoms with Gasteiger partial charge in [-0.3, -0.25) is 14.3 Å². The summed E-state index contributed by atoms with van der Waals surface area (Å²) in [5, 5.41) is 9.54. The summed E-state index contributed by atoms with van der Waals surface area (Å²) >= 11 is 0. The summed E-state index contributed by atoms with van der Waals surface area (Å²) in [5.74, 6) is -1.49. The van der Waals surface area contributed by atoms with Crippen molar-refractivity contribution >= 4 is 0 Å². The van der Waals surface area contributed by atoms with Gasteiger partial charge in [0, 0.05) is 6.54 Å². The summed E-state index contributed by atoms with van der Waals surface area (Å²) in [4.78, 5) is 24.4. The Balaban J connectivity index is 2.32. The highest BCUT2D eigenvalue weighted by molar-refractivity contribution is 5.09. The molecule has 1 saturated carbocycles. The number of nitrogens with one attached hydrogen (secondary N) is 1. The number of halogens is 1. The normalized spacial score (nSPS) is 24.1. The molecule has 1 heterocycles. The van der Waals surface area contributed by atoms with Crippen molar-refractivity contribution in [3.8, 4) is 5.88 Å². The van der Waals surface area contributed by atoms with E-state index in [2.05, 4.69) is 6.92 Å². The van der Waals surface area contributed by atoms with Crippen LogP contribution in [0.1, 0.15) is 32.6 Å². The van der Waals surface area contributed by atoms with Crippen molar-refractivity contribution in [3.63, 3.8) is 0 Å². The summed E-state index contributed by atoms with van der Waals surface area (Å²) in [7, 11) is 0. The molecule has 5 nitrogen and oxygen atoms in total. The van der Waals surface area contributed by atoms with Gasteiger partial charge in [0.15, 0.2) is 0 Å². The molecular weight excluding hydrogens is 239 g/mol. The van der Waals surface area contributed by atoms with Crippen LogP contribution in [-0.2, 0) is 6.54 Å². The number of aromatic amines is 1. The van der Waals surface area contributed by atoms with Crippen molar-refractivity contribution in [2.45, 2.75) is 39.2 Å². The standard InChI is InChI=1S/C12H17FN2O3/c1-7-4-2-3-5-8(7)6-15-11(17)9(13)10(16)14-12(15)18/h7-8,17H,2-6H2,1H3,(H,14,16,18). The maximum atomic E-state index is 13.3. The topological polar surface area (TPSA) is 75.1 Å². The van der Waals surface area contributed by atoms with E-state index in [-0.39, 0.29) is 12.5 Å². The number of H-pyrrole nitrogens is 1. The first-order valence-corrected chi connectivity index (χ1v) is 6.22. The molecule has 2 N–H and O–H groups in total. The van der Waals surface area contributed by atoms with Gasteiger partial charge < -0.3 is 5.11 Å². The maximum Gasteiger partial charge on any atom is 0.331 e. The Hall–Kier alpha value is -1.59. The van der Waals surface area contributed by atoms with Gasteiger partial charge in [0.2, 0.25) is 11.7 Å². The average Bonchev–Trinajstić information content (AvgIpc) is 2.34. The van der Waals surface area contributed by atoms with E-state index >= 15 is 0 Å². The third kappa shape index (κ3) is 2.32. The molecule has 1 aromatic heterocycles. The molecule has 0 spiro atoms. The number of rotatable bonds is 2. The molecular formula is C12H17FN2O3. The predicted molar refractivity (Wildman–Crippen MR) is 64.1 cm³/mol. The fourth-order valence-electron chi connectivity index (χ4n) is 2.60. The Kier molecular flexibility index (Phi) is 3.54. The van der Waals surface area contributed by atoms with Crippen LogP contribution >= 0.6 is 0 Å². The third-order valence-electron chi connectivity index (χ3n) is 3.82. The highest BCUT2D eigenvalue weighted by atomic mass is 19.1. The molecule has 6 heteroatoms. The van der Waals surface area contributed by atoms with Crippen LogP contribution in [0.2, 0.25) is 0 Å². The Labute approximate surface area is 103 Å². The van der Waals surface area contributed by atoms with Crippen molar-refractivity contribution in [3.05, 3.63) is 26.7 Å². The first kappa shape index (κ1) is 12.9. The molecule has 2 unspecified atom stereocenters. The molecule has 0 radical (unpaired) electrons. The van der Waals surface area contributed by atoms with Crippen LogP contribution in [0, 0.1) is 17.7 Å². The van der Waals surface area contributed by atoms with Gasteiger partial charge in [-0.15, -0.1) is 0 Å². The lowest BCUT2D eigenvalue weighted by molar-refractivity contribution is 0.214. The Morgan fingerprint density at radius 2 is 2.06 bits per heavy atom. The second-order valence-electron chi connectivity index (χ2n) is 5.03. The van der Waals surface area contributed by atoms with E-state index in [0.717, 1.165) is 23.8 Å². The minimum atomic E-state index is -1.29. The zero-order valence-electron chi connectivity index (χ0n) is 10.3. The molecule has 1 fully saturated rings. The van der Waals surface area contributed by atoms with Gasteiger partial charge in [-0.05, 0) is 18.3 Å². The lowest BCUT2D eigenvalue weighted by Crippen LogP contribution is -2.35. The Morgan fingerprint density at radius 3 is 2.72 bits per heavy atom. The zero-order valence-corrected chi connectivity index (χ0v) is 10.3. The molecule has 0 saturated heterocycles. The van der Waals surface area contributed by atoms with Crippen molar-refractivity contribution in [2.75, 3.05) is 0 Å². The van der Waals surface area contributed by atoms with E-state index in [0.29, 0.717) is 5.92 Å². The predicted octanol–water partition coefficient (Wildman–Crippen LogP) is 1.21. The van der Waals surface area contributed by atoms with Crippen LogP contribution in [0.3, 0.4) is 0 Å². The Bertz CT molecular complexity index is 549. The second-order valence-corrected chi connectivity index (χ2v) is 5.03. The first-order chi connectivity index (χ1) is 8.50. The van der Waals surface area contributed by atoms with Crippen LogP contribution in [0.4, 0.5) is 4.39 Å². The quantitative estimate of drug-likeness (QED) is 0.835. The molecule has 2 atom stereocenters. The maximum absolute atomic E-state index is 13.3. The SMILES string of the molecule is CC1CCCCC1Cn1c(O)c(F)c(=O)[nH]c1=O. The van der Waals surface area contributed by atoms with Crippen molar-refractivity contribution < 1.29 is 9.50 Å². The van der Waals surface area contributed by atoms with Gasteiger partial charge in [0.1, 0.15) is 0 Å². The van der Waals surface area contributed by atoms with E-state index in [4.69, 9.17) is 0 Å². The minimum absolute atomic E-state index is 0.229. The molecule has 1 aliphatic rings. The highest BCUT2D eigenvalue weighted by Crippen LogP contribution is 2.31. The fourth-order valence-corrected chi connectivity index (χ4v) is 2.60. The third-order valence-corrected chi connectivity index (χ3v) is 3.82. The molecule has 2 rings (SSSR count).